The van der Waals surface area contributed by atoms with Gasteiger partial charge in [-0.25, -0.2) is 9.37 Å². The number of methoxy groups -OCH3 is 1. The van der Waals surface area contributed by atoms with Gasteiger partial charge >= 0.3 is 0 Å². The molecule has 0 atom stereocenters. The third kappa shape index (κ3) is 3.52. The number of nitrogens with zero attached hydrogens (tertiary/aromatic N) is 2. The number of nitrogens with one attached hydrogen (secondary N) is 1. The molecule has 0 saturated carbocycles. The Bertz CT molecular complexity index is 1330. The third-order valence-electron chi connectivity index (χ3n) is 5.99. The van der Waals surface area contributed by atoms with Crippen LogP contribution in [0.5, 0.6) is 17.2 Å². The van der Waals surface area contributed by atoms with Crippen molar-refractivity contribution in [3.63, 3.8) is 0 Å². The Hall–Kier alpha value is -3.78. The van der Waals surface area contributed by atoms with E-state index in [1.807, 2.05) is 60.0 Å². The van der Waals surface area contributed by atoms with Crippen LogP contribution in [-0.4, -0.2) is 40.1 Å². The summed E-state index contributed by atoms with van der Waals surface area (Å²) in [6, 6.07) is 17.2. The van der Waals surface area contributed by atoms with E-state index < -0.39 is 22.9 Å². The quantitative estimate of drug-likeness (QED) is 0.372. The number of phenols is 2. The highest BCUT2D eigenvalue weighted by Gasteiger charge is 2.39. The summed E-state index contributed by atoms with van der Waals surface area (Å²) in [7, 11) is 1.34. The molecule has 1 aliphatic rings. The minimum Gasteiger partial charge on any atom is -0.502 e. The number of hydrogen-bond donors (Lipinski definition) is 3. The average molecular weight is 449 g/mol. The lowest BCUT2D eigenvalue weighted by atomic mass is 9.98. The van der Waals surface area contributed by atoms with Crippen molar-refractivity contribution < 1.29 is 24.1 Å². The summed E-state index contributed by atoms with van der Waals surface area (Å²) < 4.78 is 27.7. The number of imidazole rings is 1. The molecule has 0 radical (unpaired) electrons. The molecule has 5 rings (SSSR count). The first-order valence-electron chi connectivity index (χ1n) is 10.6. The van der Waals surface area contributed by atoms with Gasteiger partial charge in [-0.15, -0.1) is 0 Å². The van der Waals surface area contributed by atoms with E-state index in [9.17, 15) is 10.2 Å². The number of aromatic nitrogens is 2. The van der Waals surface area contributed by atoms with Crippen LogP contribution in [0.2, 0.25) is 0 Å². The second kappa shape index (κ2) is 7.97. The fourth-order valence-corrected chi connectivity index (χ4v) is 4.17. The maximum Gasteiger partial charge on any atom is 0.203 e. The Kier molecular flexibility index (Phi) is 5.09. The van der Waals surface area contributed by atoms with Gasteiger partial charge in [0.1, 0.15) is 5.82 Å². The molecule has 3 N–H and O–H groups in total. The Balaban J connectivity index is 1.64. The minimum absolute atomic E-state index is 0.0368. The van der Waals surface area contributed by atoms with Gasteiger partial charge < -0.3 is 29.6 Å². The molecule has 0 aliphatic carbocycles. The molecular formula is C25H24FN3O4. The number of para-hydroxylation sites is 1. The number of benzene rings is 3. The highest BCUT2D eigenvalue weighted by molar-refractivity contribution is 5.83. The van der Waals surface area contributed by atoms with E-state index in [4.69, 9.17) is 14.5 Å². The second-order valence-electron chi connectivity index (χ2n) is 8.44. The molecular weight excluding hydrogens is 425 g/mol. The highest BCUT2D eigenvalue weighted by atomic mass is 19.1. The van der Waals surface area contributed by atoms with E-state index in [1.165, 1.54) is 13.2 Å². The zero-order chi connectivity index (χ0) is 23.2. The van der Waals surface area contributed by atoms with Crippen molar-refractivity contribution in [1.29, 1.82) is 0 Å². The predicted molar refractivity (Wildman–Crippen MR) is 123 cm³/mol. The van der Waals surface area contributed by atoms with Crippen molar-refractivity contribution in [3.8, 4) is 28.6 Å². The fraction of sp³-hybridized carbons (Fsp3) is 0.240. The molecule has 1 aromatic heterocycles. The van der Waals surface area contributed by atoms with E-state index in [0.29, 0.717) is 31.1 Å². The van der Waals surface area contributed by atoms with E-state index in [2.05, 4.69) is 5.32 Å². The highest BCUT2D eigenvalue weighted by Crippen LogP contribution is 2.44. The molecule has 0 amide bonds. The number of halogens is 1. The standard InChI is InChI=1S/C25H24FN3O4/c1-25(13-33-14-25)29-19-10-15(12-27-16-6-4-3-5-7-16)8-9-18(19)28-24(29)17-11-20(32-2)22(30)23(31)21(17)26/h3-11,27,30-31H,12-14H2,1-2H3. The molecule has 1 fully saturated rings. The van der Waals surface area contributed by atoms with Gasteiger partial charge in [0.05, 0.1) is 42.5 Å². The summed E-state index contributed by atoms with van der Waals surface area (Å²) in [6.07, 6.45) is 0. The molecule has 0 spiro atoms. The Morgan fingerprint density at radius 1 is 1.12 bits per heavy atom. The normalized spacial score (nSPS) is 14.8. The monoisotopic (exact) mass is 449 g/mol. The zero-order valence-electron chi connectivity index (χ0n) is 18.3. The Morgan fingerprint density at radius 3 is 2.55 bits per heavy atom. The van der Waals surface area contributed by atoms with Crippen LogP contribution in [0.15, 0.2) is 54.6 Å². The van der Waals surface area contributed by atoms with Gasteiger partial charge in [0.25, 0.3) is 0 Å². The topological polar surface area (TPSA) is 88.8 Å². The van der Waals surface area contributed by atoms with Crippen LogP contribution in [-0.2, 0) is 16.8 Å². The van der Waals surface area contributed by atoms with Crippen molar-refractivity contribution in [2.24, 2.45) is 0 Å². The molecule has 1 aliphatic heterocycles. The van der Waals surface area contributed by atoms with Gasteiger partial charge in [-0.1, -0.05) is 24.3 Å². The molecule has 0 unspecified atom stereocenters. The van der Waals surface area contributed by atoms with E-state index in [1.54, 1.807) is 0 Å². The largest absolute Gasteiger partial charge is 0.502 e. The second-order valence-corrected chi connectivity index (χ2v) is 8.44. The van der Waals surface area contributed by atoms with Crippen LogP contribution >= 0.6 is 0 Å². The smallest absolute Gasteiger partial charge is 0.203 e. The van der Waals surface area contributed by atoms with Gasteiger partial charge in [0.15, 0.2) is 17.3 Å². The van der Waals surface area contributed by atoms with Crippen molar-refractivity contribution in [3.05, 3.63) is 66.0 Å². The summed E-state index contributed by atoms with van der Waals surface area (Å²) in [6.45, 7) is 3.52. The van der Waals surface area contributed by atoms with Gasteiger partial charge in [-0.2, -0.15) is 0 Å². The Morgan fingerprint density at radius 2 is 1.88 bits per heavy atom. The van der Waals surface area contributed by atoms with Gasteiger partial charge in [0, 0.05) is 12.2 Å². The lowest BCUT2D eigenvalue weighted by Gasteiger charge is -2.40. The minimum atomic E-state index is -0.959. The first kappa shape index (κ1) is 21.1. The fourth-order valence-electron chi connectivity index (χ4n) is 4.17. The third-order valence-corrected chi connectivity index (χ3v) is 5.99. The number of rotatable bonds is 6. The molecule has 3 aromatic carbocycles. The molecule has 1 saturated heterocycles. The van der Waals surface area contributed by atoms with Crippen molar-refractivity contribution in [2.45, 2.75) is 19.0 Å². The molecule has 33 heavy (non-hydrogen) atoms. The first-order valence-corrected chi connectivity index (χ1v) is 10.6. The van der Waals surface area contributed by atoms with E-state index in [-0.39, 0.29) is 11.3 Å². The first-order chi connectivity index (χ1) is 15.9. The number of hydrogen-bond acceptors (Lipinski definition) is 6. The lowest BCUT2D eigenvalue weighted by molar-refractivity contribution is -0.0868. The summed E-state index contributed by atoms with van der Waals surface area (Å²) in [4.78, 5) is 4.70. The van der Waals surface area contributed by atoms with Gasteiger partial charge in [0.2, 0.25) is 5.75 Å². The van der Waals surface area contributed by atoms with Crippen LogP contribution < -0.4 is 10.1 Å². The molecule has 0 bridgehead atoms. The number of anilines is 1. The maximum atomic E-state index is 15.1. The van der Waals surface area contributed by atoms with Crippen LogP contribution in [0.25, 0.3) is 22.4 Å². The zero-order valence-corrected chi connectivity index (χ0v) is 18.3. The lowest BCUT2D eigenvalue weighted by Crippen LogP contribution is -2.49. The number of phenolic OH excluding ortho intramolecular Hbond substituents is 2. The van der Waals surface area contributed by atoms with E-state index >= 15 is 4.39 Å². The summed E-state index contributed by atoms with van der Waals surface area (Å²) in [5.41, 5.74) is 3.16. The van der Waals surface area contributed by atoms with Crippen LogP contribution in [0, 0.1) is 5.82 Å². The SMILES string of the molecule is COc1cc(-c2nc3ccc(CNc4ccccc4)cc3n2C2(C)COC2)c(F)c(O)c1O. The number of fused-ring (bicyclic) bond motifs is 1. The van der Waals surface area contributed by atoms with Crippen LogP contribution in [0.3, 0.4) is 0 Å². The number of ether oxygens (including phenoxy) is 2. The van der Waals surface area contributed by atoms with Crippen molar-refractivity contribution in [2.75, 3.05) is 25.6 Å². The van der Waals surface area contributed by atoms with Crippen molar-refractivity contribution >= 4 is 16.7 Å². The number of aromatic hydroxyl groups is 2. The summed E-state index contributed by atoms with van der Waals surface area (Å²) in [5.74, 6) is -2.18. The molecule has 170 valence electrons. The van der Waals surface area contributed by atoms with Gasteiger partial charge in [-0.05, 0) is 42.8 Å². The summed E-state index contributed by atoms with van der Waals surface area (Å²) in [5, 5.41) is 23.5. The molecule has 8 heteroatoms. The molecule has 4 aromatic rings. The van der Waals surface area contributed by atoms with Crippen LogP contribution in [0.1, 0.15) is 12.5 Å². The molecule has 7 nitrogen and oxygen atoms in total. The Labute approximate surface area is 190 Å². The summed E-state index contributed by atoms with van der Waals surface area (Å²) >= 11 is 0. The molecule has 2 heterocycles. The maximum absolute atomic E-state index is 15.1. The van der Waals surface area contributed by atoms with Gasteiger partial charge in [-0.3, -0.25) is 0 Å². The average Bonchev–Trinajstić information content (AvgIpc) is 3.19. The predicted octanol–water partition coefficient (Wildman–Crippen LogP) is 4.62. The van der Waals surface area contributed by atoms with Crippen LogP contribution in [0.4, 0.5) is 10.1 Å². The van der Waals surface area contributed by atoms with E-state index in [0.717, 1.165) is 16.8 Å². The van der Waals surface area contributed by atoms with Crippen molar-refractivity contribution in [1.82, 2.24) is 9.55 Å².